The second-order valence-electron chi connectivity index (χ2n) is 17.3. The van der Waals surface area contributed by atoms with Crippen LogP contribution in [0.2, 0.25) is 0 Å². The molecule has 1 aliphatic carbocycles. The first-order chi connectivity index (χ1) is 27.2. The zero-order chi connectivity index (χ0) is 37.8. The van der Waals surface area contributed by atoms with Gasteiger partial charge in [-0.15, -0.1) is 0 Å². The van der Waals surface area contributed by atoms with Gasteiger partial charge in [-0.2, -0.15) is 0 Å². The van der Waals surface area contributed by atoms with E-state index in [1.165, 1.54) is 112 Å². The van der Waals surface area contributed by atoms with Crippen molar-refractivity contribution in [3.8, 4) is 33.6 Å². The molecule has 0 aliphatic heterocycles. The second-order valence-corrected chi connectivity index (χ2v) is 17.3. The fourth-order valence-electron chi connectivity index (χ4n) is 9.80. The van der Waals surface area contributed by atoms with Crippen molar-refractivity contribution in [2.24, 2.45) is 0 Å². The lowest BCUT2D eigenvalue weighted by atomic mass is 9.63. The standard InChI is InChI=1S/C54H44N2/c1-53(2)28-29-54(3,4)47-34-51-43(31-46(47)53)44-32-50-45(52-42-21-12-11-16-37(42)24-27-48(52)55(50)40-19-9-6-10-20-40)33-49(44)56(51)41-25-22-36(23-26-41)39-18-13-17-38(30-39)35-14-7-5-8-15-35/h5-27,30-34H,28-29H2,1-4H3. The summed E-state index contributed by atoms with van der Waals surface area (Å²) < 4.78 is 5.02. The molecular formula is C54H44N2. The molecule has 0 atom stereocenters. The maximum atomic E-state index is 2.56. The summed E-state index contributed by atoms with van der Waals surface area (Å²) in [6, 6.07) is 63.2. The van der Waals surface area contributed by atoms with Gasteiger partial charge in [0.2, 0.25) is 0 Å². The van der Waals surface area contributed by atoms with Gasteiger partial charge in [0.05, 0.1) is 22.1 Å². The Balaban J connectivity index is 1.21. The molecule has 2 nitrogen and oxygen atoms in total. The first-order valence-electron chi connectivity index (χ1n) is 20.1. The van der Waals surface area contributed by atoms with Gasteiger partial charge in [-0.25, -0.2) is 0 Å². The van der Waals surface area contributed by atoms with E-state index in [9.17, 15) is 0 Å². The third-order valence-corrected chi connectivity index (χ3v) is 13.0. The van der Waals surface area contributed by atoms with Gasteiger partial charge in [0.25, 0.3) is 0 Å². The number of fused-ring (bicyclic) bond motifs is 9. The number of hydrogen-bond donors (Lipinski definition) is 0. The van der Waals surface area contributed by atoms with Crippen molar-refractivity contribution in [3.63, 3.8) is 0 Å². The Morgan fingerprint density at radius 2 is 0.875 bits per heavy atom. The molecule has 2 heterocycles. The van der Waals surface area contributed by atoms with Crippen LogP contribution in [0.25, 0.3) is 88.0 Å². The second kappa shape index (κ2) is 12.1. The number of aromatic nitrogens is 2. The zero-order valence-electron chi connectivity index (χ0n) is 32.5. The molecule has 0 unspecified atom stereocenters. The lowest BCUT2D eigenvalue weighted by Gasteiger charge is -2.42. The molecule has 0 bridgehead atoms. The smallest absolute Gasteiger partial charge is 0.0549 e. The van der Waals surface area contributed by atoms with Crippen molar-refractivity contribution in [2.45, 2.75) is 51.4 Å². The van der Waals surface area contributed by atoms with Gasteiger partial charge < -0.3 is 9.13 Å². The molecule has 1 aliphatic rings. The third kappa shape index (κ3) is 4.95. The van der Waals surface area contributed by atoms with Gasteiger partial charge in [-0.1, -0.05) is 137 Å². The van der Waals surface area contributed by atoms with Crippen molar-refractivity contribution < 1.29 is 0 Å². The normalized spacial score (nSPS) is 14.9. The molecule has 0 spiro atoms. The highest BCUT2D eigenvalue weighted by Crippen LogP contribution is 2.49. The monoisotopic (exact) mass is 720 g/mol. The lowest BCUT2D eigenvalue weighted by Crippen LogP contribution is -2.33. The molecule has 0 amide bonds. The van der Waals surface area contributed by atoms with Crippen molar-refractivity contribution in [1.29, 1.82) is 0 Å². The lowest BCUT2D eigenvalue weighted by molar-refractivity contribution is 0.332. The molecule has 0 fully saturated rings. The Morgan fingerprint density at radius 1 is 0.357 bits per heavy atom. The summed E-state index contributed by atoms with van der Waals surface area (Å²) in [7, 11) is 0. The maximum absolute atomic E-state index is 2.56. The molecule has 0 saturated carbocycles. The summed E-state index contributed by atoms with van der Waals surface area (Å²) in [6.07, 6.45) is 2.36. The van der Waals surface area contributed by atoms with Crippen LogP contribution in [-0.2, 0) is 10.8 Å². The highest BCUT2D eigenvalue weighted by Gasteiger charge is 2.38. The van der Waals surface area contributed by atoms with Crippen LogP contribution >= 0.6 is 0 Å². The molecule has 0 saturated heterocycles. The molecule has 0 N–H and O–H groups in total. The highest BCUT2D eigenvalue weighted by molar-refractivity contribution is 6.25. The van der Waals surface area contributed by atoms with Crippen molar-refractivity contribution in [3.05, 3.63) is 181 Å². The van der Waals surface area contributed by atoms with Crippen LogP contribution in [0.5, 0.6) is 0 Å². The first-order valence-corrected chi connectivity index (χ1v) is 20.1. The Morgan fingerprint density at radius 3 is 1.61 bits per heavy atom. The Hall–Kier alpha value is -6.38. The van der Waals surface area contributed by atoms with E-state index in [1.807, 2.05) is 0 Å². The van der Waals surface area contributed by atoms with Gasteiger partial charge in [0.15, 0.2) is 0 Å². The third-order valence-electron chi connectivity index (χ3n) is 13.0. The van der Waals surface area contributed by atoms with E-state index in [0.717, 1.165) is 0 Å². The molecule has 0 radical (unpaired) electrons. The van der Waals surface area contributed by atoms with Crippen LogP contribution in [0.4, 0.5) is 0 Å². The Kier molecular flexibility index (Phi) is 7.11. The zero-order valence-corrected chi connectivity index (χ0v) is 32.5. The predicted molar refractivity (Wildman–Crippen MR) is 239 cm³/mol. The minimum Gasteiger partial charge on any atom is -0.309 e. The van der Waals surface area contributed by atoms with Gasteiger partial charge in [0, 0.05) is 32.9 Å². The van der Waals surface area contributed by atoms with E-state index in [2.05, 4.69) is 207 Å². The van der Waals surface area contributed by atoms with E-state index in [0.29, 0.717) is 0 Å². The molecule has 8 aromatic carbocycles. The summed E-state index contributed by atoms with van der Waals surface area (Å²) in [4.78, 5) is 0. The number of benzene rings is 8. The molecule has 2 heteroatoms. The van der Waals surface area contributed by atoms with Crippen LogP contribution in [0.1, 0.15) is 51.7 Å². The topological polar surface area (TPSA) is 9.86 Å². The SMILES string of the molecule is CC1(C)CCC(C)(C)c2cc3c(cc21)c1cc2c(cc1n3-c1ccc(-c3cccc(-c4ccccc4)c3)cc1)c1c3ccccc3ccc1n2-c1ccccc1. The number of para-hydroxylation sites is 1. The molecule has 10 aromatic rings. The fraction of sp³-hybridized carbons (Fsp3) is 0.148. The molecule has 2 aromatic heterocycles. The van der Waals surface area contributed by atoms with Crippen LogP contribution in [0.15, 0.2) is 170 Å². The first kappa shape index (κ1) is 33.0. The predicted octanol–water partition coefficient (Wildman–Crippen LogP) is 14.7. The highest BCUT2D eigenvalue weighted by atomic mass is 15.0. The van der Waals surface area contributed by atoms with Gasteiger partial charge >= 0.3 is 0 Å². The molecule has 56 heavy (non-hydrogen) atoms. The maximum Gasteiger partial charge on any atom is 0.0549 e. The minimum absolute atomic E-state index is 0.0949. The molecule has 11 rings (SSSR count). The van der Waals surface area contributed by atoms with Gasteiger partial charge in [-0.05, 0) is 128 Å². The van der Waals surface area contributed by atoms with Crippen LogP contribution < -0.4 is 0 Å². The van der Waals surface area contributed by atoms with Gasteiger partial charge in [0.1, 0.15) is 0 Å². The Labute approximate surface area is 328 Å². The summed E-state index contributed by atoms with van der Waals surface area (Å²) in [5.41, 5.74) is 15.4. The fourth-order valence-corrected chi connectivity index (χ4v) is 9.80. The van der Waals surface area contributed by atoms with E-state index >= 15 is 0 Å². The van der Waals surface area contributed by atoms with E-state index in [4.69, 9.17) is 0 Å². The number of rotatable bonds is 4. The van der Waals surface area contributed by atoms with Crippen molar-refractivity contribution >= 4 is 54.4 Å². The average Bonchev–Trinajstić information content (AvgIpc) is 3.73. The van der Waals surface area contributed by atoms with E-state index in [1.54, 1.807) is 0 Å². The summed E-state index contributed by atoms with van der Waals surface area (Å²) in [6.45, 7) is 9.75. The Bertz CT molecular complexity index is 3160. The average molecular weight is 721 g/mol. The van der Waals surface area contributed by atoms with Gasteiger partial charge in [-0.3, -0.25) is 0 Å². The van der Waals surface area contributed by atoms with E-state index < -0.39 is 0 Å². The van der Waals surface area contributed by atoms with Crippen molar-refractivity contribution in [1.82, 2.24) is 9.13 Å². The largest absolute Gasteiger partial charge is 0.309 e. The molecular weight excluding hydrogens is 677 g/mol. The van der Waals surface area contributed by atoms with E-state index in [-0.39, 0.29) is 10.8 Å². The summed E-state index contributed by atoms with van der Waals surface area (Å²) >= 11 is 0. The minimum atomic E-state index is 0.0949. The molecule has 270 valence electrons. The summed E-state index contributed by atoms with van der Waals surface area (Å²) in [5.74, 6) is 0. The quantitative estimate of drug-likeness (QED) is 0.171. The van der Waals surface area contributed by atoms with Crippen LogP contribution in [0.3, 0.4) is 0 Å². The number of hydrogen-bond acceptors (Lipinski definition) is 0. The van der Waals surface area contributed by atoms with Crippen LogP contribution in [0, 0.1) is 0 Å². The number of nitrogens with zero attached hydrogens (tertiary/aromatic N) is 2. The van der Waals surface area contributed by atoms with Crippen molar-refractivity contribution in [2.75, 3.05) is 0 Å². The summed E-state index contributed by atoms with van der Waals surface area (Å²) in [5, 5.41) is 7.73. The van der Waals surface area contributed by atoms with Crippen LogP contribution in [-0.4, -0.2) is 9.13 Å².